The maximum Gasteiger partial charge on any atom is 0.268 e. The number of amides is 1. The quantitative estimate of drug-likeness (QED) is 0.449. The molecule has 0 fully saturated rings. The van der Waals surface area contributed by atoms with Gasteiger partial charge in [-0.15, -0.1) is 0 Å². The summed E-state index contributed by atoms with van der Waals surface area (Å²) in [4.78, 5) is 16.0. The van der Waals surface area contributed by atoms with E-state index in [9.17, 15) is 9.18 Å². The zero-order valence-electron chi connectivity index (χ0n) is 18.9. The van der Waals surface area contributed by atoms with Crippen molar-refractivity contribution in [2.24, 2.45) is 0 Å². The molecule has 34 heavy (non-hydrogen) atoms. The Hall–Kier alpha value is -3.44. The van der Waals surface area contributed by atoms with E-state index in [1.54, 1.807) is 17.0 Å². The lowest BCUT2D eigenvalue weighted by molar-refractivity contribution is -0.151. The highest BCUT2D eigenvalue weighted by atomic mass is 19.1. The topological polar surface area (TPSA) is 38.8 Å². The summed E-state index contributed by atoms with van der Waals surface area (Å²) in [6, 6.07) is 24.0. The molecule has 4 nitrogen and oxygen atoms in total. The van der Waals surface area contributed by atoms with E-state index in [0.29, 0.717) is 13.2 Å². The lowest BCUT2D eigenvalue weighted by Gasteiger charge is -2.39. The van der Waals surface area contributed by atoms with Crippen molar-refractivity contribution in [1.29, 1.82) is 0 Å². The van der Waals surface area contributed by atoms with Gasteiger partial charge in [0, 0.05) is 5.56 Å². The van der Waals surface area contributed by atoms with Crippen LogP contribution in [0.2, 0.25) is 0 Å². The lowest BCUT2D eigenvalue weighted by Crippen LogP contribution is -2.49. The Bertz CT molecular complexity index is 1250. The van der Waals surface area contributed by atoms with Crippen molar-refractivity contribution in [3.63, 3.8) is 0 Å². The van der Waals surface area contributed by atoms with Crippen LogP contribution < -0.4 is 9.64 Å². The molecule has 1 amide bonds. The number of ether oxygens (including phenoxy) is 2. The van der Waals surface area contributed by atoms with Gasteiger partial charge in [0.1, 0.15) is 18.2 Å². The van der Waals surface area contributed by atoms with E-state index in [-0.39, 0.29) is 17.8 Å². The number of nitrogens with zero attached hydrogens (tertiary/aromatic N) is 1. The number of anilines is 1. The van der Waals surface area contributed by atoms with Crippen molar-refractivity contribution in [2.45, 2.75) is 43.9 Å². The van der Waals surface area contributed by atoms with Gasteiger partial charge in [-0.05, 0) is 67.2 Å². The highest BCUT2D eigenvalue weighted by molar-refractivity contribution is 6.09. The van der Waals surface area contributed by atoms with Gasteiger partial charge in [-0.3, -0.25) is 4.79 Å². The first kappa shape index (κ1) is 21.1. The van der Waals surface area contributed by atoms with Crippen LogP contribution in [0.25, 0.3) is 0 Å². The van der Waals surface area contributed by atoms with E-state index in [1.165, 1.54) is 17.7 Å². The van der Waals surface area contributed by atoms with Crippen LogP contribution in [0.4, 0.5) is 10.1 Å². The van der Waals surface area contributed by atoms with Crippen LogP contribution in [0.15, 0.2) is 90.0 Å². The van der Waals surface area contributed by atoms with Crippen LogP contribution >= 0.6 is 0 Å². The van der Waals surface area contributed by atoms with Crippen LogP contribution in [-0.2, 0) is 21.7 Å². The minimum atomic E-state index is -1.11. The second kappa shape index (κ2) is 8.41. The van der Waals surface area contributed by atoms with Crippen LogP contribution in [0, 0.1) is 5.82 Å². The van der Waals surface area contributed by atoms with E-state index < -0.39 is 5.60 Å². The predicted octanol–water partition coefficient (Wildman–Crippen LogP) is 5.92. The molecule has 0 radical (unpaired) electrons. The SMILES string of the molecule is O=C1N(Cc2ccc(F)cc2)c2ccccc2[C@@]12O[C@H](COc1ccccc1)CC1=C2CCC1. The van der Waals surface area contributed by atoms with Gasteiger partial charge in [-0.1, -0.05) is 54.1 Å². The number of carbonyl (C=O) groups excluding carboxylic acids is 1. The van der Waals surface area contributed by atoms with Crippen molar-refractivity contribution in [3.05, 3.63) is 107 Å². The van der Waals surface area contributed by atoms with Crippen LogP contribution in [-0.4, -0.2) is 18.6 Å². The molecule has 0 unspecified atom stereocenters. The van der Waals surface area contributed by atoms with E-state index in [0.717, 1.165) is 53.8 Å². The molecule has 5 heteroatoms. The Kier molecular flexibility index (Phi) is 5.22. The predicted molar refractivity (Wildman–Crippen MR) is 128 cm³/mol. The number of benzene rings is 3. The number of rotatable bonds is 5. The van der Waals surface area contributed by atoms with Gasteiger partial charge >= 0.3 is 0 Å². The van der Waals surface area contributed by atoms with Crippen molar-refractivity contribution < 1.29 is 18.7 Å². The Morgan fingerprint density at radius 3 is 2.56 bits per heavy atom. The van der Waals surface area contributed by atoms with Gasteiger partial charge in [0.15, 0.2) is 5.60 Å². The molecule has 2 aliphatic heterocycles. The largest absolute Gasteiger partial charge is 0.491 e. The number of carbonyl (C=O) groups is 1. The first-order chi connectivity index (χ1) is 16.6. The second-order valence-electron chi connectivity index (χ2n) is 9.22. The molecule has 1 spiro atoms. The second-order valence-corrected chi connectivity index (χ2v) is 9.22. The normalized spacial score (nSPS) is 23.4. The third-order valence-electron chi connectivity index (χ3n) is 7.13. The molecule has 172 valence electrons. The maximum atomic E-state index is 14.2. The average molecular weight is 456 g/mol. The Morgan fingerprint density at radius 2 is 1.74 bits per heavy atom. The molecule has 3 aliphatic rings. The van der Waals surface area contributed by atoms with Crippen LogP contribution in [0.3, 0.4) is 0 Å². The summed E-state index contributed by atoms with van der Waals surface area (Å²) in [5.74, 6) is 0.449. The summed E-state index contributed by atoms with van der Waals surface area (Å²) < 4.78 is 26.3. The summed E-state index contributed by atoms with van der Waals surface area (Å²) in [5.41, 5.74) is 4.00. The fourth-order valence-electron chi connectivity index (χ4n) is 5.65. The number of para-hydroxylation sites is 2. The average Bonchev–Trinajstić information content (AvgIpc) is 3.43. The number of fused-ring (bicyclic) bond motifs is 3. The van der Waals surface area contributed by atoms with Crippen molar-refractivity contribution in [3.8, 4) is 5.75 Å². The molecular formula is C29H26FNO3. The Morgan fingerprint density at radius 1 is 0.971 bits per heavy atom. The fourth-order valence-corrected chi connectivity index (χ4v) is 5.65. The van der Waals surface area contributed by atoms with Gasteiger partial charge in [0.25, 0.3) is 5.91 Å². The summed E-state index contributed by atoms with van der Waals surface area (Å²) in [6.07, 6.45) is 3.47. The summed E-state index contributed by atoms with van der Waals surface area (Å²) in [7, 11) is 0. The van der Waals surface area contributed by atoms with E-state index in [1.807, 2.05) is 54.6 Å². The minimum Gasteiger partial charge on any atom is -0.491 e. The molecule has 6 rings (SSSR count). The lowest BCUT2D eigenvalue weighted by atomic mass is 9.81. The first-order valence-electron chi connectivity index (χ1n) is 11.9. The third-order valence-corrected chi connectivity index (χ3v) is 7.13. The van der Waals surface area contributed by atoms with Gasteiger partial charge in [0.2, 0.25) is 0 Å². The highest BCUT2D eigenvalue weighted by Crippen LogP contribution is 2.55. The third kappa shape index (κ3) is 3.43. The van der Waals surface area contributed by atoms with Crippen LogP contribution in [0.5, 0.6) is 5.75 Å². The molecule has 1 aliphatic carbocycles. The van der Waals surface area contributed by atoms with Crippen molar-refractivity contribution >= 4 is 11.6 Å². The van der Waals surface area contributed by atoms with Gasteiger partial charge in [0.05, 0.1) is 18.3 Å². The number of hydrogen-bond donors (Lipinski definition) is 0. The molecule has 0 bridgehead atoms. The fraction of sp³-hybridized carbons (Fsp3) is 0.276. The summed E-state index contributed by atoms with van der Waals surface area (Å²) in [6.45, 7) is 0.755. The van der Waals surface area contributed by atoms with Gasteiger partial charge in [-0.25, -0.2) is 4.39 Å². The smallest absolute Gasteiger partial charge is 0.268 e. The maximum absolute atomic E-state index is 14.2. The molecule has 0 saturated carbocycles. The number of halogens is 1. The standard InChI is InChI=1S/C29H26FNO3/c30-22-15-13-20(14-16-22)18-31-27-12-5-4-10-26(27)29(28(31)32)25-11-6-7-21(25)17-24(34-29)19-33-23-8-2-1-3-9-23/h1-5,8-10,12-16,24H,6-7,11,17-19H2/t24-,29+/m0/s1. The summed E-state index contributed by atoms with van der Waals surface area (Å²) >= 11 is 0. The number of hydrogen-bond acceptors (Lipinski definition) is 3. The monoisotopic (exact) mass is 455 g/mol. The molecule has 3 aromatic carbocycles. The molecule has 0 N–H and O–H groups in total. The van der Waals surface area contributed by atoms with Gasteiger partial charge in [-0.2, -0.15) is 0 Å². The zero-order chi connectivity index (χ0) is 23.1. The van der Waals surface area contributed by atoms with Gasteiger partial charge < -0.3 is 14.4 Å². The van der Waals surface area contributed by atoms with Crippen molar-refractivity contribution in [2.75, 3.05) is 11.5 Å². The zero-order valence-corrected chi connectivity index (χ0v) is 18.9. The molecule has 2 atom stereocenters. The minimum absolute atomic E-state index is 0.0585. The Balaban J connectivity index is 1.37. The molecule has 0 saturated heterocycles. The molecule has 0 aromatic heterocycles. The highest BCUT2D eigenvalue weighted by Gasteiger charge is 2.58. The Labute approximate surface area is 198 Å². The molecule has 2 heterocycles. The van der Waals surface area contributed by atoms with E-state index >= 15 is 0 Å². The molecule has 3 aromatic rings. The molecular weight excluding hydrogens is 429 g/mol. The first-order valence-corrected chi connectivity index (χ1v) is 11.9. The van der Waals surface area contributed by atoms with E-state index in [2.05, 4.69) is 0 Å². The van der Waals surface area contributed by atoms with E-state index in [4.69, 9.17) is 9.47 Å². The van der Waals surface area contributed by atoms with Crippen molar-refractivity contribution in [1.82, 2.24) is 0 Å². The summed E-state index contributed by atoms with van der Waals surface area (Å²) in [5, 5.41) is 0. The van der Waals surface area contributed by atoms with Crippen LogP contribution in [0.1, 0.15) is 36.8 Å².